The molecule has 0 radical (unpaired) electrons. The molecule has 2 saturated carbocycles. The number of nitrogens with one attached hydrogen (secondary N) is 1. The minimum Gasteiger partial charge on any atom is -0.336 e. The zero-order valence-electron chi connectivity index (χ0n) is 12.1. The normalized spacial score (nSPS) is 26.9. The van der Waals surface area contributed by atoms with E-state index in [0.717, 1.165) is 13.1 Å². The Morgan fingerprint density at radius 2 is 1.26 bits per heavy atom. The molecule has 0 unspecified atom stereocenters. The van der Waals surface area contributed by atoms with Crippen LogP contribution in [0.15, 0.2) is 0 Å². The Hall–Kier alpha value is -0.570. The van der Waals surface area contributed by atoms with Crippen molar-refractivity contribution in [3.05, 3.63) is 0 Å². The summed E-state index contributed by atoms with van der Waals surface area (Å²) < 4.78 is 0. The van der Waals surface area contributed by atoms with Gasteiger partial charge in [-0.15, -0.1) is 0 Å². The van der Waals surface area contributed by atoms with Gasteiger partial charge in [0, 0.05) is 25.2 Å². The Morgan fingerprint density at radius 3 is 1.63 bits per heavy atom. The maximum Gasteiger partial charge on any atom is 0.228 e. The molecule has 3 fully saturated rings. The molecule has 0 atom stereocenters. The van der Waals surface area contributed by atoms with Crippen molar-refractivity contribution in [2.45, 2.75) is 76.3 Å². The molecule has 1 aliphatic heterocycles. The molecule has 3 heteroatoms. The zero-order valence-corrected chi connectivity index (χ0v) is 12.1. The highest BCUT2D eigenvalue weighted by Crippen LogP contribution is 2.31. The molecule has 3 aliphatic rings. The first-order chi connectivity index (χ1) is 9.36. The molecular formula is C16H28N2O. The third-order valence-electron chi connectivity index (χ3n) is 5.32. The van der Waals surface area contributed by atoms with Crippen molar-refractivity contribution in [2.75, 3.05) is 13.1 Å². The number of carbonyl (C=O) groups excluding carboxylic acids is 1. The van der Waals surface area contributed by atoms with Gasteiger partial charge < -0.3 is 10.2 Å². The van der Waals surface area contributed by atoms with Crippen molar-refractivity contribution in [3.63, 3.8) is 0 Å². The van der Waals surface area contributed by atoms with Crippen molar-refractivity contribution >= 4 is 5.91 Å². The van der Waals surface area contributed by atoms with Gasteiger partial charge >= 0.3 is 0 Å². The lowest BCUT2D eigenvalue weighted by Gasteiger charge is -2.44. The molecule has 1 heterocycles. The van der Waals surface area contributed by atoms with Crippen LogP contribution in [0.5, 0.6) is 0 Å². The van der Waals surface area contributed by atoms with E-state index in [1.165, 1.54) is 64.2 Å². The summed E-state index contributed by atoms with van der Waals surface area (Å²) in [5.41, 5.74) is 0. The first-order valence-corrected chi connectivity index (χ1v) is 8.39. The van der Waals surface area contributed by atoms with Crippen molar-refractivity contribution in [2.24, 2.45) is 5.92 Å². The van der Waals surface area contributed by atoms with Crippen molar-refractivity contribution in [1.82, 2.24) is 10.2 Å². The van der Waals surface area contributed by atoms with E-state index in [1.807, 2.05) is 0 Å². The minimum atomic E-state index is 0.281. The van der Waals surface area contributed by atoms with E-state index >= 15 is 0 Å². The lowest BCUT2D eigenvalue weighted by molar-refractivity contribution is -0.144. The predicted molar refractivity (Wildman–Crippen MR) is 77.0 cm³/mol. The maximum atomic E-state index is 12.8. The molecule has 1 amide bonds. The Kier molecular flexibility index (Phi) is 4.42. The lowest BCUT2D eigenvalue weighted by atomic mass is 9.87. The molecule has 0 bridgehead atoms. The first-order valence-electron chi connectivity index (χ1n) is 8.39. The highest BCUT2D eigenvalue weighted by Gasteiger charge is 2.37. The number of nitrogens with zero attached hydrogens (tertiary/aromatic N) is 1. The Balaban J connectivity index is 1.70. The van der Waals surface area contributed by atoms with Crippen molar-refractivity contribution in [3.8, 4) is 0 Å². The first kappa shape index (κ1) is 13.4. The van der Waals surface area contributed by atoms with E-state index in [4.69, 9.17) is 0 Å². The van der Waals surface area contributed by atoms with Gasteiger partial charge in [-0.1, -0.05) is 38.5 Å². The largest absolute Gasteiger partial charge is 0.336 e. The topological polar surface area (TPSA) is 32.3 Å². The van der Waals surface area contributed by atoms with E-state index in [1.54, 1.807) is 0 Å². The Morgan fingerprint density at radius 1 is 0.789 bits per heavy atom. The molecule has 0 aromatic heterocycles. The highest BCUT2D eigenvalue weighted by molar-refractivity contribution is 5.81. The highest BCUT2D eigenvalue weighted by atomic mass is 16.2. The van der Waals surface area contributed by atoms with E-state index in [-0.39, 0.29) is 5.92 Å². The number of hydrogen-bond donors (Lipinski definition) is 1. The summed E-state index contributed by atoms with van der Waals surface area (Å²) in [6.45, 7) is 1.82. The summed E-state index contributed by atoms with van der Waals surface area (Å²) in [7, 11) is 0. The van der Waals surface area contributed by atoms with Gasteiger partial charge in [-0.25, -0.2) is 0 Å². The van der Waals surface area contributed by atoms with Gasteiger partial charge in [-0.2, -0.15) is 0 Å². The van der Waals surface area contributed by atoms with Crippen LogP contribution in [0.2, 0.25) is 0 Å². The van der Waals surface area contributed by atoms with Crippen LogP contribution in [0, 0.1) is 5.92 Å². The van der Waals surface area contributed by atoms with Crippen molar-refractivity contribution in [1.29, 1.82) is 0 Å². The Bertz CT molecular complexity index is 284. The third kappa shape index (κ3) is 2.96. The maximum absolute atomic E-state index is 12.8. The third-order valence-corrected chi connectivity index (χ3v) is 5.32. The van der Waals surface area contributed by atoms with Crippen LogP contribution in [-0.4, -0.2) is 36.0 Å². The molecule has 3 nitrogen and oxygen atoms in total. The quantitative estimate of drug-likeness (QED) is 0.850. The Labute approximate surface area is 117 Å². The van der Waals surface area contributed by atoms with Crippen LogP contribution in [0.4, 0.5) is 0 Å². The zero-order chi connectivity index (χ0) is 13.1. The van der Waals surface area contributed by atoms with Gasteiger partial charge in [-0.3, -0.25) is 4.79 Å². The molecule has 0 aromatic rings. The van der Waals surface area contributed by atoms with Gasteiger partial charge in [0.25, 0.3) is 0 Å². The van der Waals surface area contributed by atoms with Gasteiger partial charge in [0.2, 0.25) is 5.91 Å². The van der Waals surface area contributed by atoms with Crippen LogP contribution in [0.3, 0.4) is 0 Å². The average molecular weight is 264 g/mol. The van der Waals surface area contributed by atoms with Crippen molar-refractivity contribution < 1.29 is 4.79 Å². The fourth-order valence-electron chi connectivity index (χ4n) is 4.05. The summed E-state index contributed by atoms with van der Waals surface area (Å²) in [5.74, 6) is 0.751. The van der Waals surface area contributed by atoms with E-state index in [2.05, 4.69) is 10.2 Å². The smallest absolute Gasteiger partial charge is 0.228 e. The van der Waals surface area contributed by atoms with E-state index < -0.39 is 0 Å². The molecule has 108 valence electrons. The SMILES string of the molecule is O=C(C1CNC1)N(C1CCCCC1)C1CCCCC1. The fraction of sp³-hybridized carbons (Fsp3) is 0.938. The average Bonchev–Trinajstić information content (AvgIpc) is 2.39. The standard InChI is InChI=1S/C16H28N2O/c19-16(13-11-17-12-13)18(14-7-3-1-4-8-14)15-9-5-2-6-10-15/h13-15,17H,1-12H2. The van der Waals surface area contributed by atoms with Crippen LogP contribution < -0.4 is 5.32 Å². The van der Waals surface area contributed by atoms with Gasteiger partial charge in [0.15, 0.2) is 0 Å². The van der Waals surface area contributed by atoms with E-state index in [0.29, 0.717) is 18.0 Å². The molecule has 0 spiro atoms. The molecule has 1 saturated heterocycles. The predicted octanol–water partition coefficient (Wildman–Crippen LogP) is 2.70. The van der Waals surface area contributed by atoms with E-state index in [9.17, 15) is 4.79 Å². The minimum absolute atomic E-state index is 0.281. The van der Waals surface area contributed by atoms with Gasteiger partial charge in [0.1, 0.15) is 0 Å². The van der Waals surface area contributed by atoms with Gasteiger partial charge in [0.05, 0.1) is 5.92 Å². The van der Waals surface area contributed by atoms with Crippen LogP contribution in [0.25, 0.3) is 0 Å². The number of hydrogen-bond acceptors (Lipinski definition) is 2. The molecule has 1 N–H and O–H groups in total. The summed E-state index contributed by atoms with van der Waals surface area (Å²) >= 11 is 0. The monoisotopic (exact) mass is 264 g/mol. The molecule has 0 aromatic carbocycles. The fourth-order valence-corrected chi connectivity index (χ4v) is 4.05. The lowest BCUT2D eigenvalue weighted by Crippen LogP contribution is -2.57. The van der Waals surface area contributed by atoms with Crippen LogP contribution in [0.1, 0.15) is 64.2 Å². The summed E-state index contributed by atoms with van der Waals surface area (Å²) in [6.07, 6.45) is 13.0. The second kappa shape index (κ2) is 6.25. The molecule has 3 rings (SSSR count). The number of carbonyl (C=O) groups is 1. The number of amides is 1. The van der Waals surface area contributed by atoms with Crippen LogP contribution in [-0.2, 0) is 4.79 Å². The van der Waals surface area contributed by atoms with Gasteiger partial charge in [-0.05, 0) is 25.7 Å². The molecule has 19 heavy (non-hydrogen) atoms. The summed E-state index contributed by atoms with van der Waals surface area (Å²) in [5, 5.41) is 3.26. The summed E-state index contributed by atoms with van der Waals surface area (Å²) in [6, 6.07) is 1.12. The number of rotatable bonds is 3. The second-order valence-electron chi connectivity index (χ2n) is 6.68. The molecular weight excluding hydrogens is 236 g/mol. The summed E-state index contributed by atoms with van der Waals surface area (Å²) in [4.78, 5) is 15.2. The molecule has 2 aliphatic carbocycles. The second-order valence-corrected chi connectivity index (χ2v) is 6.68. The van der Waals surface area contributed by atoms with Crippen LogP contribution >= 0.6 is 0 Å².